The average molecular weight is 278 g/mol. The van der Waals surface area contributed by atoms with Gasteiger partial charge in [-0.25, -0.2) is 4.79 Å². The molecule has 20 heavy (non-hydrogen) atoms. The average Bonchev–Trinajstić information content (AvgIpc) is 2.94. The summed E-state index contributed by atoms with van der Waals surface area (Å²) in [6, 6.07) is 7.99. The molecule has 0 bridgehead atoms. The lowest BCUT2D eigenvalue weighted by atomic mass is 10.2. The predicted octanol–water partition coefficient (Wildman–Crippen LogP) is 2.48. The number of benzene rings is 1. The van der Waals surface area contributed by atoms with Crippen LogP contribution >= 0.6 is 0 Å². The SMILES string of the molecule is CNc1ccc(COC(=O)N2CCCC2COC)cc1. The maximum Gasteiger partial charge on any atom is 0.410 e. The smallest absolute Gasteiger partial charge is 0.410 e. The Morgan fingerprint density at radius 1 is 1.40 bits per heavy atom. The molecule has 5 heteroatoms. The lowest BCUT2D eigenvalue weighted by Gasteiger charge is -2.23. The number of amides is 1. The predicted molar refractivity (Wildman–Crippen MR) is 77.8 cm³/mol. The Hall–Kier alpha value is -1.75. The Morgan fingerprint density at radius 3 is 2.80 bits per heavy atom. The molecular formula is C15H22N2O3. The molecule has 1 fully saturated rings. The second kappa shape index (κ2) is 7.14. The highest BCUT2D eigenvalue weighted by atomic mass is 16.6. The van der Waals surface area contributed by atoms with Crippen molar-refractivity contribution < 1.29 is 14.3 Å². The Labute approximate surface area is 119 Å². The molecule has 1 unspecified atom stereocenters. The van der Waals surface area contributed by atoms with Crippen LogP contribution in [0.3, 0.4) is 0 Å². The van der Waals surface area contributed by atoms with Gasteiger partial charge < -0.3 is 19.7 Å². The minimum Gasteiger partial charge on any atom is -0.445 e. The van der Waals surface area contributed by atoms with Crippen LogP contribution in [-0.4, -0.2) is 44.3 Å². The molecule has 5 nitrogen and oxygen atoms in total. The fourth-order valence-electron chi connectivity index (χ4n) is 2.44. The fraction of sp³-hybridized carbons (Fsp3) is 0.533. The summed E-state index contributed by atoms with van der Waals surface area (Å²) in [6.07, 6.45) is 1.75. The summed E-state index contributed by atoms with van der Waals surface area (Å²) in [6.45, 7) is 1.64. The van der Waals surface area contributed by atoms with Crippen molar-refractivity contribution in [3.05, 3.63) is 29.8 Å². The standard InChI is InChI=1S/C15H22N2O3/c1-16-13-7-5-12(6-8-13)10-20-15(18)17-9-3-4-14(17)11-19-2/h5-8,14,16H,3-4,9-11H2,1-2H3. The van der Waals surface area contributed by atoms with Crippen molar-refractivity contribution in [1.29, 1.82) is 0 Å². The van der Waals surface area contributed by atoms with E-state index in [1.807, 2.05) is 31.3 Å². The Balaban J connectivity index is 1.84. The molecule has 1 aromatic carbocycles. The summed E-state index contributed by atoms with van der Waals surface area (Å²) in [7, 11) is 3.53. The summed E-state index contributed by atoms with van der Waals surface area (Å²) < 4.78 is 10.5. The molecule has 0 spiro atoms. The van der Waals surface area contributed by atoms with Crippen LogP contribution < -0.4 is 5.32 Å². The molecule has 1 aliphatic rings. The van der Waals surface area contributed by atoms with Gasteiger partial charge in [0.05, 0.1) is 12.6 Å². The number of anilines is 1. The lowest BCUT2D eigenvalue weighted by molar-refractivity contribution is 0.0701. The van der Waals surface area contributed by atoms with Gasteiger partial charge in [-0.3, -0.25) is 0 Å². The zero-order valence-electron chi connectivity index (χ0n) is 12.1. The van der Waals surface area contributed by atoms with Crippen LogP contribution in [0.5, 0.6) is 0 Å². The lowest BCUT2D eigenvalue weighted by Crippen LogP contribution is -2.38. The van der Waals surface area contributed by atoms with E-state index in [-0.39, 0.29) is 12.1 Å². The largest absolute Gasteiger partial charge is 0.445 e. The molecule has 1 aromatic rings. The van der Waals surface area contributed by atoms with Crippen molar-refractivity contribution in [3.8, 4) is 0 Å². The number of hydrogen-bond acceptors (Lipinski definition) is 4. The molecule has 1 aliphatic heterocycles. The number of likely N-dealkylation sites (tertiary alicyclic amines) is 1. The van der Waals surface area contributed by atoms with Crippen molar-refractivity contribution in [1.82, 2.24) is 4.90 Å². The van der Waals surface area contributed by atoms with Crippen molar-refractivity contribution in [3.63, 3.8) is 0 Å². The summed E-state index contributed by atoms with van der Waals surface area (Å²) in [5.41, 5.74) is 2.03. The van der Waals surface area contributed by atoms with Crippen LogP contribution in [0.15, 0.2) is 24.3 Å². The summed E-state index contributed by atoms with van der Waals surface area (Å²) in [4.78, 5) is 13.8. The van der Waals surface area contributed by atoms with Crippen molar-refractivity contribution in [2.24, 2.45) is 0 Å². The second-order valence-electron chi connectivity index (χ2n) is 4.95. The highest BCUT2D eigenvalue weighted by Crippen LogP contribution is 2.19. The normalized spacial score (nSPS) is 18.1. The molecule has 1 saturated heterocycles. The van der Waals surface area contributed by atoms with E-state index in [4.69, 9.17) is 9.47 Å². The molecule has 2 rings (SSSR count). The number of nitrogens with one attached hydrogen (secondary N) is 1. The van der Waals surface area contributed by atoms with E-state index in [1.165, 1.54) is 0 Å². The molecule has 1 N–H and O–H groups in total. The first-order chi connectivity index (χ1) is 9.74. The maximum absolute atomic E-state index is 12.1. The van der Waals surface area contributed by atoms with Gasteiger partial charge in [0.1, 0.15) is 6.61 Å². The van der Waals surface area contributed by atoms with E-state index < -0.39 is 0 Å². The zero-order chi connectivity index (χ0) is 14.4. The van der Waals surface area contributed by atoms with Gasteiger partial charge in [-0.15, -0.1) is 0 Å². The highest BCUT2D eigenvalue weighted by molar-refractivity contribution is 5.68. The molecule has 0 radical (unpaired) electrons. The van der Waals surface area contributed by atoms with Gasteiger partial charge in [0.2, 0.25) is 0 Å². The van der Waals surface area contributed by atoms with Crippen molar-refractivity contribution in [2.75, 3.05) is 32.6 Å². The second-order valence-corrected chi connectivity index (χ2v) is 4.95. The zero-order valence-corrected chi connectivity index (χ0v) is 12.1. The van der Waals surface area contributed by atoms with E-state index >= 15 is 0 Å². The van der Waals surface area contributed by atoms with E-state index in [2.05, 4.69) is 5.32 Å². The van der Waals surface area contributed by atoms with Gasteiger partial charge in [0, 0.05) is 26.4 Å². The van der Waals surface area contributed by atoms with Crippen LogP contribution in [0, 0.1) is 0 Å². The number of nitrogens with zero attached hydrogens (tertiary/aromatic N) is 1. The topological polar surface area (TPSA) is 50.8 Å². The summed E-state index contributed by atoms with van der Waals surface area (Å²) in [5.74, 6) is 0. The van der Waals surface area contributed by atoms with Gasteiger partial charge in [-0.05, 0) is 30.5 Å². The summed E-state index contributed by atoms with van der Waals surface area (Å²) in [5, 5.41) is 3.05. The Kier molecular flexibility index (Phi) is 5.24. The van der Waals surface area contributed by atoms with Gasteiger partial charge in [-0.2, -0.15) is 0 Å². The molecule has 0 aromatic heterocycles. The number of ether oxygens (including phenoxy) is 2. The van der Waals surface area contributed by atoms with E-state index in [0.29, 0.717) is 13.2 Å². The van der Waals surface area contributed by atoms with Gasteiger partial charge in [0.25, 0.3) is 0 Å². The van der Waals surface area contributed by atoms with Crippen molar-refractivity contribution >= 4 is 11.8 Å². The van der Waals surface area contributed by atoms with E-state index in [9.17, 15) is 4.79 Å². The van der Waals surface area contributed by atoms with Crippen LogP contribution in [-0.2, 0) is 16.1 Å². The number of rotatable bonds is 5. The minimum atomic E-state index is -0.248. The first kappa shape index (κ1) is 14.7. The summed E-state index contributed by atoms with van der Waals surface area (Å²) >= 11 is 0. The van der Waals surface area contributed by atoms with Crippen LogP contribution in [0.1, 0.15) is 18.4 Å². The Morgan fingerprint density at radius 2 is 2.15 bits per heavy atom. The molecule has 1 atom stereocenters. The number of carbonyl (C=O) groups is 1. The number of methoxy groups -OCH3 is 1. The fourth-order valence-corrected chi connectivity index (χ4v) is 2.44. The third-order valence-electron chi connectivity index (χ3n) is 3.58. The third-order valence-corrected chi connectivity index (χ3v) is 3.58. The van der Waals surface area contributed by atoms with Crippen LogP contribution in [0.25, 0.3) is 0 Å². The number of carbonyl (C=O) groups excluding carboxylic acids is 1. The minimum absolute atomic E-state index is 0.152. The van der Waals surface area contributed by atoms with E-state index in [1.54, 1.807) is 12.0 Å². The molecule has 0 aliphatic carbocycles. The van der Waals surface area contributed by atoms with Crippen LogP contribution in [0.4, 0.5) is 10.5 Å². The monoisotopic (exact) mass is 278 g/mol. The van der Waals surface area contributed by atoms with Crippen molar-refractivity contribution in [2.45, 2.75) is 25.5 Å². The van der Waals surface area contributed by atoms with Gasteiger partial charge >= 0.3 is 6.09 Å². The first-order valence-corrected chi connectivity index (χ1v) is 6.93. The van der Waals surface area contributed by atoms with Gasteiger partial charge in [0.15, 0.2) is 0 Å². The molecule has 0 saturated carbocycles. The highest BCUT2D eigenvalue weighted by Gasteiger charge is 2.29. The number of hydrogen-bond donors (Lipinski definition) is 1. The third kappa shape index (κ3) is 3.63. The maximum atomic E-state index is 12.1. The van der Waals surface area contributed by atoms with Crippen LogP contribution in [0.2, 0.25) is 0 Å². The molecular weight excluding hydrogens is 256 g/mol. The first-order valence-electron chi connectivity index (χ1n) is 6.93. The van der Waals surface area contributed by atoms with Gasteiger partial charge in [-0.1, -0.05) is 12.1 Å². The molecule has 1 amide bonds. The molecule has 110 valence electrons. The molecule has 1 heterocycles. The Bertz CT molecular complexity index is 433. The quantitative estimate of drug-likeness (QED) is 0.899. The van der Waals surface area contributed by atoms with E-state index in [0.717, 1.165) is 30.6 Å².